The molecule has 0 fully saturated rings. The van der Waals surface area contributed by atoms with Crippen LogP contribution in [0.1, 0.15) is 0 Å². The molecule has 2 aromatic rings. The fourth-order valence-corrected chi connectivity index (χ4v) is 2.07. The zero-order chi connectivity index (χ0) is 18.1. The van der Waals surface area contributed by atoms with Gasteiger partial charge in [0.25, 0.3) is 0 Å². The molecule has 0 heterocycles. The van der Waals surface area contributed by atoms with Crippen LogP contribution in [0.25, 0.3) is 0 Å². The second-order valence-corrected chi connectivity index (χ2v) is 4.97. The first-order valence-electron chi connectivity index (χ1n) is 7.70. The second kappa shape index (κ2) is 9.27. The smallest absolute Gasteiger partial charge is 0.319 e. The molecule has 2 N–H and O–H groups in total. The highest BCUT2D eigenvalue weighted by Crippen LogP contribution is 2.28. The standard InChI is InChI=1S/C18H22N2O5/c1-22-13-4-6-14(7-5-13)25-11-10-19-18(21)20-16-9-8-15(23-2)12-17(16)24-3/h4-9,12H,10-11H2,1-3H3,(H2,19,20,21). The Balaban J connectivity index is 1.76. The molecular weight excluding hydrogens is 324 g/mol. The second-order valence-electron chi connectivity index (χ2n) is 4.97. The van der Waals surface area contributed by atoms with Gasteiger partial charge in [-0.2, -0.15) is 0 Å². The van der Waals surface area contributed by atoms with Crippen LogP contribution in [0.2, 0.25) is 0 Å². The molecule has 0 aliphatic carbocycles. The Labute approximate surface area is 146 Å². The summed E-state index contributed by atoms with van der Waals surface area (Å²) in [7, 11) is 4.70. The highest BCUT2D eigenvalue weighted by atomic mass is 16.5. The third-order valence-electron chi connectivity index (χ3n) is 3.37. The van der Waals surface area contributed by atoms with Crippen molar-refractivity contribution in [2.24, 2.45) is 0 Å². The van der Waals surface area contributed by atoms with Crippen LogP contribution in [0.4, 0.5) is 10.5 Å². The molecule has 0 aliphatic rings. The van der Waals surface area contributed by atoms with Crippen LogP contribution in [0.15, 0.2) is 42.5 Å². The number of anilines is 1. The molecule has 0 aliphatic heterocycles. The molecule has 25 heavy (non-hydrogen) atoms. The maximum absolute atomic E-state index is 11.9. The summed E-state index contributed by atoms with van der Waals surface area (Å²) < 4.78 is 21.0. The Kier molecular flexibility index (Phi) is 6.76. The number of carbonyl (C=O) groups excluding carboxylic acids is 1. The van der Waals surface area contributed by atoms with Gasteiger partial charge in [0, 0.05) is 6.07 Å². The van der Waals surface area contributed by atoms with Gasteiger partial charge >= 0.3 is 6.03 Å². The molecular formula is C18H22N2O5. The van der Waals surface area contributed by atoms with Crippen molar-refractivity contribution in [1.29, 1.82) is 0 Å². The van der Waals surface area contributed by atoms with Crippen molar-refractivity contribution in [3.8, 4) is 23.0 Å². The van der Waals surface area contributed by atoms with E-state index < -0.39 is 0 Å². The zero-order valence-corrected chi connectivity index (χ0v) is 14.5. The molecule has 0 saturated heterocycles. The minimum atomic E-state index is -0.346. The Morgan fingerprint density at radius 3 is 2.16 bits per heavy atom. The Morgan fingerprint density at radius 2 is 1.52 bits per heavy atom. The lowest BCUT2D eigenvalue weighted by Crippen LogP contribution is -2.32. The quantitative estimate of drug-likeness (QED) is 0.719. The normalized spacial score (nSPS) is 9.88. The van der Waals surface area contributed by atoms with Crippen LogP contribution in [0.5, 0.6) is 23.0 Å². The lowest BCUT2D eigenvalue weighted by atomic mass is 10.2. The molecule has 0 radical (unpaired) electrons. The topological polar surface area (TPSA) is 78.1 Å². The zero-order valence-electron chi connectivity index (χ0n) is 14.5. The number of urea groups is 1. The predicted octanol–water partition coefficient (Wildman–Crippen LogP) is 2.91. The van der Waals surface area contributed by atoms with Crippen LogP contribution in [0.3, 0.4) is 0 Å². The van der Waals surface area contributed by atoms with Gasteiger partial charge in [0.2, 0.25) is 0 Å². The summed E-state index contributed by atoms with van der Waals surface area (Å²) in [6, 6.07) is 12.0. The summed E-state index contributed by atoms with van der Waals surface area (Å²) in [6.07, 6.45) is 0. The van der Waals surface area contributed by atoms with E-state index in [2.05, 4.69) is 10.6 Å². The summed E-state index contributed by atoms with van der Waals surface area (Å²) in [5, 5.41) is 5.44. The lowest BCUT2D eigenvalue weighted by molar-refractivity contribution is 0.247. The van der Waals surface area contributed by atoms with Crippen molar-refractivity contribution in [2.75, 3.05) is 39.8 Å². The summed E-state index contributed by atoms with van der Waals surface area (Å²) in [5.74, 6) is 2.64. The molecule has 2 aromatic carbocycles. The van der Waals surface area contributed by atoms with E-state index in [1.54, 1.807) is 44.6 Å². The van der Waals surface area contributed by atoms with Gasteiger partial charge in [0.1, 0.15) is 29.6 Å². The van der Waals surface area contributed by atoms with Crippen LogP contribution in [0, 0.1) is 0 Å². The summed E-state index contributed by atoms with van der Waals surface area (Å²) >= 11 is 0. The molecule has 0 aromatic heterocycles. The van der Waals surface area contributed by atoms with E-state index in [0.717, 1.165) is 5.75 Å². The van der Waals surface area contributed by atoms with E-state index in [1.165, 1.54) is 7.11 Å². The highest BCUT2D eigenvalue weighted by Gasteiger charge is 2.08. The van der Waals surface area contributed by atoms with Gasteiger partial charge in [-0.25, -0.2) is 4.79 Å². The first kappa shape index (κ1) is 18.3. The maximum Gasteiger partial charge on any atom is 0.319 e. The summed E-state index contributed by atoms with van der Waals surface area (Å²) in [4.78, 5) is 11.9. The van der Waals surface area contributed by atoms with E-state index in [9.17, 15) is 4.79 Å². The summed E-state index contributed by atoms with van der Waals surface area (Å²) in [5.41, 5.74) is 0.553. The van der Waals surface area contributed by atoms with E-state index in [1.807, 2.05) is 12.1 Å². The fraction of sp³-hybridized carbons (Fsp3) is 0.278. The van der Waals surface area contributed by atoms with E-state index in [-0.39, 0.29) is 6.03 Å². The van der Waals surface area contributed by atoms with Crippen LogP contribution >= 0.6 is 0 Å². The van der Waals surface area contributed by atoms with Gasteiger partial charge < -0.3 is 29.6 Å². The van der Waals surface area contributed by atoms with Crippen LogP contribution in [-0.4, -0.2) is 40.5 Å². The van der Waals surface area contributed by atoms with Crippen molar-refractivity contribution in [3.63, 3.8) is 0 Å². The minimum Gasteiger partial charge on any atom is -0.497 e. The molecule has 2 rings (SSSR count). The molecule has 7 nitrogen and oxygen atoms in total. The van der Waals surface area contributed by atoms with Gasteiger partial charge in [0.15, 0.2) is 0 Å². The van der Waals surface area contributed by atoms with Gasteiger partial charge in [-0.05, 0) is 36.4 Å². The molecule has 0 spiro atoms. The molecule has 0 saturated carbocycles. The fourth-order valence-electron chi connectivity index (χ4n) is 2.07. The van der Waals surface area contributed by atoms with Crippen LogP contribution in [-0.2, 0) is 0 Å². The molecule has 0 atom stereocenters. The average molecular weight is 346 g/mol. The Hall–Kier alpha value is -3.09. The first-order chi connectivity index (χ1) is 12.2. The van der Waals surface area contributed by atoms with Gasteiger partial charge in [0.05, 0.1) is 33.6 Å². The molecule has 2 amide bonds. The SMILES string of the molecule is COc1ccc(OCCNC(=O)Nc2ccc(OC)cc2OC)cc1. The van der Waals surface area contributed by atoms with E-state index in [4.69, 9.17) is 18.9 Å². The first-order valence-corrected chi connectivity index (χ1v) is 7.70. The number of carbonyl (C=O) groups is 1. The number of methoxy groups -OCH3 is 3. The average Bonchev–Trinajstić information content (AvgIpc) is 2.66. The molecule has 7 heteroatoms. The third-order valence-corrected chi connectivity index (χ3v) is 3.37. The molecule has 0 unspecified atom stereocenters. The molecule has 134 valence electrons. The maximum atomic E-state index is 11.9. The largest absolute Gasteiger partial charge is 0.497 e. The number of nitrogens with one attached hydrogen (secondary N) is 2. The third kappa shape index (κ3) is 5.49. The van der Waals surface area contributed by atoms with Crippen LogP contribution < -0.4 is 29.6 Å². The monoisotopic (exact) mass is 346 g/mol. The van der Waals surface area contributed by atoms with Crippen molar-refractivity contribution in [1.82, 2.24) is 5.32 Å². The van der Waals surface area contributed by atoms with E-state index >= 15 is 0 Å². The van der Waals surface area contributed by atoms with Crippen molar-refractivity contribution >= 4 is 11.7 Å². The predicted molar refractivity (Wildman–Crippen MR) is 95.1 cm³/mol. The number of hydrogen-bond donors (Lipinski definition) is 2. The summed E-state index contributed by atoms with van der Waals surface area (Å²) in [6.45, 7) is 0.704. The van der Waals surface area contributed by atoms with Gasteiger partial charge in [-0.15, -0.1) is 0 Å². The minimum absolute atomic E-state index is 0.346. The van der Waals surface area contributed by atoms with Crippen molar-refractivity contribution in [2.45, 2.75) is 0 Å². The molecule has 0 bridgehead atoms. The van der Waals surface area contributed by atoms with Gasteiger partial charge in [-0.3, -0.25) is 0 Å². The van der Waals surface area contributed by atoms with Gasteiger partial charge in [-0.1, -0.05) is 0 Å². The van der Waals surface area contributed by atoms with Crippen molar-refractivity contribution < 1.29 is 23.7 Å². The number of amides is 2. The lowest BCUT2D eigenvalue weighted by Gasteiger charge is -2.12. The van der Waals surface area contributed by atoms with E-state index in [0.29, 0.717) is 36.1 Å². The Bertz CT molecular complexity index is 688. The Morgan fingerprint density at radius 1 is 0.880 bits per heavy atom. The number of ether oxygens (including phenoxy) is 4. The number of hydrogen-bond acceptors (Lipinski definition) is 5. The number of benzene rings is 2. The number of rotatable bonds is 8. The van der Waals surface area contributed by atoms with Crippen molar-refractivity contribution in [3.05, 3.63) is 42.5 Å². The highest BCUT2D eigenvalue weighted by molar-refractivity contribution is 5.91.